The van der Waals surface area contributed by atoms with Crippen LogP contribution < -0.4 is 0 Å². The van der Waals surface area contributed by atoms with Crippen molar-refractivity contribution in [3.05, 3.63) is 35.2 Å². The molecule has 2 heterocycles. The zero-order chi connectivity index (χ0) is 12.5. The largest absolute Gasteiger partial charge is 0.329 e. The van der Waals surface area contributed by atoms with Crippen LogP contribution >= 0.6 is 24.0 Å². The fourth-order valence-corrected chi connectivity index (χ4v) is 2.85. The number of benzene rings is 1. The van der Waals surface area contributed by atoms with Gasteiger partial charge in [-0.15, -0.1) is 0 Å². The van der Waals surface area contributed by atoms with Gasteiger partial charge in [0.25, 0.3) is 0 Å². The number of fused-ring (bicyclic) bond motifs is 3. The number of aryl methyl sites for hydroxylation is 1. The first-order valence-corrected chi connectivity index (χ1v) is 7.56. The van der Waals surface area contributed by atoms with E-state index in [4.69, 9.17) is 12.2 Å². The van der Waals surface area contributed by atoms with Crippen LogP contribution in [-0.4, -0.2) is 26.5 Å². The van der Waals surface area contributed by atoms with Gasteiger partial charge in [0.1, 0.15) is 0 Å². The van der Waals surface area contributed by atoms with Crippen molar-refractivity contribution in [2.24, 2.45) is 0 Å². The molecule has 0 radical (unpaired) electrons. The van der Waals surface area contributed by atoms with Crippen molar-refractivity contribution in [2.75, 3.05) is 12.0 Å². The molecule has 5 heteroatoms. The van der Waals surface area contributed by atoms with E-state index in [2.05, 4.69) is 26.9 Å². The van der Waals surface area contributed by atoms with E-state index in [9.17, 15) is 0 Å². The summed E-state index contributed by atoms with van der Waals surface area (Å²) in [6.07, 6.45) is 3.97. The van der Waals surface area contributed by atoms with E-state index in [1.807, 2.05) is 36.2 Å². The zero-order valence-electron chi connectivity index (χ0n) is 10.0. The Morgan fingerprint density at radius 3 is 3.06 bits per heavy atom. The number of aromatic amines is 1. The van der Waals surface area contributed by atoms with E-state index in [1.54, 1.807) is 0 Å². The number of pyridine rings is 1. The zero-order valence-corrected chi connectivity index (χ0v) is 11.6. The first-order chi connectivity index (χ1) is 8.81. The Labute approximate surface area is 114 Å². The molecule has 0 atom stereocenters. The molecular formula is C13H13N3S2. The molecule has 2 aromatic heterocycles. The molecule has 0 bridgehead atoms. The third-order valence-electron chi connectivity index (χ3n) is 3.02. The number of hydrogen-bond donors (Lipinski definition) is 1. The lowest BCUT2D eigenvalue weighted by molar-refractivity contribution is 0.786. The molecule has 0 aliphatic rings. The molecule has 1 aromatic carbocycles. The molecule has 0 fully saturated rings. The second kappa shape index (κ2) is 4.74. The highest BCUT2D eigenvalue weighted by Gasteiger charge is 2.08. The molecule has 0 amide bonds. The lowest BCUT2D eigenvalue weighted by Crippen LogP contribution is -2.00. The fourth-order valence-electron chi connectivity index (χ4n) is 2.19. The number of rotatable bonds is 3. The van der Waals surface area contributed by atoms with Gasteiger partial charge >= 0.3 is 0 Å². The van der Waals surface area contributed by atoms with E-state index in [0.29, 0.717) is 0 Å². The van der Waals surface area contributed by atoms with Crippen LogP contribution in [0.15, 0.2) is 30.5 Å². The molecule has 92 valence electrons. The fraction of sp³-hybridized carbons (Fsp3) is 0.231. The standard InChI is InChI=1S/C13H13N3S2/c1-18-7-6-16-12-9-4-2-3-5-10(9)14-8-11(12)15-13(16)17/h2-5,8H,6-7H2,1H3,(H,15,17). The molecule has 1 N–H and O–H groups in total. The molecule has 0 aliphatic heterocycles. The third kappa shape index (κ3) is 1.83. The molecular weight excluding hydrogens is 262 g/mol. The van der Waals surface area contributed by atoms with Crippen molar-refractivity contribution in [2.45, 2.75) is 6.54 Å². The maximum Gasteiger partial charge on any atom is 0.178 e. The number of para-hydroxylation sites is 1. The molecule has 18 heavy (non-hydrogen) atoms. The summed E-state index contributed by atoms with van der Waals surface area (Å²) < 4.78 is 2.95. The molecule has 0 saturated heterocycles. The topological polar surface area (TPSA) is 33.6 Å². The van der Waals surface area contributed by atoms with Gasteiger partial charge in [-0.2, -0.15) is 11.8 Å². The van der Waals surface area contributed by atoms with E-state index in [1.165, 1.54) is 5.52 Å². The lowest BCUT2D eigenvalue weighted by Gasteiger charge is -2.05. The van der Waals surface area contributed by atoms with Crippen molar-refractivity contribution >= 4 is 45.9 Å². The Hall–Kier alpha value is -1.33. The van der Waals surface area contributed by atoms with Gasteiger partial charge in [-0.25, -0.2) is 0 Å². The SMILES string of the molecule is CSCCn1c(=S)[nH]c2cnc3ccccc3c21. The second-order valence-corrected chi connectivity index (χ2v) is 5.48. The first kappa shape index (κ1) is 11.7. The summed E-state index contributed by atoms with van der Waals surface area (Å²) in [4.78, 5) is 7.68. The summed E-state index contributed by atoms with van der Waals surface area (Å²) in [6, 6.07) is 8.18. The van der Waals surface area contributed by atoms with Crippen LogP contribution in [0, 0.1) is 4.77 Å². The summed E-state index contributed by atoms with van der Waals surface area (Å²) in [6.45, 7) is 0.925. The summed E-state index contributed by atoms with van der Waals surface area (Å²) >= 11 is 7.23. The molecule has 3 rings (SSSR count). The van der Waals surface area contributed by atoms with E-state index in [-0.39, 0.29) is 0 Å². The molecule has 0 unspecified atom stereocenters. The average molecular weight is 275 g/mol. The van der Waals surface area contributed by atoms with E-state index in [0.717, 1.165) is 33.5 Å². The Balaban J connectivity index is 2.36. The maximum absolute atomic E-state index is 5.40. The van der Waals surface area contributed by atoms with Gasteiger partial charge in [0.2, 0.25) is 0 Å². The predicted octanol–water partition coefficient (Wildman–Crippen LogP) is 3.61. The minimum absolute atomic E-state index is 0.775. The minimum atomic E-state index is 0.775. The molecule has 3 nitrogen and oxygen atoms in total. The van der Waals surface area contributed by atoms with Crippen LogP contribution in [0.3, 0.4) is 0 Å². The highest BCUT2D eigenvalue weighted by atomic mass is 32.2. The quantitative estimate of drug-likeness (QED) is 0.741. The van der Waals surface area contributed by atoms with Gasteiger partial charge in [-0.1, -0.05) is 18.2 Å². The van der Waals surface area contributed by atoms with Crippen LogP contribution in [0.5, 0.6) is 0 Å². The Morgan fingerprint density at radius 1 is 1.39 bits per heavy atom. The lowest BCUT2D eigenvalue weighted by atomic mass is 10.2. The molecule has 0 saturated carbocycles. The van der Waals surface area contributed by atoms with Crippen molar-refractivity contribution in [1.29, 1.82) is 0 Å². The average Bonchev–Trinajstić information content (AvgIpc) is 2.72. The predicted molar refractivity (Wildman–Crippen MR) is 80.8 cm³/mol. The smallest absolute Gasteiger partial charge is 0.178 e. The number of nitrogens with zero attached hydrogens (tertiary/aromatic N) is 2. The summed E-state index contributed by atoms with van der Waals surface area (Å²) in [5, 5.41) is 1.16. The normalized spacial score (nSPS) is 11.4. The van der Waals surface area contributed by atoms with Gasteiger partial charge in [-0.05, 0) is 24.5 Å². The van der Waals surface area contributed by atoms with Crippen LogP contribution in [0.4, 0.5) is 0 Å². The van der Waals surface area contributed by atoms with Crippen molar-refractivity contribution in [3.63, 3.8) is 0 Å². The third-order valence-corrected chi connectivity index (χ3v) is 3.94. The summed E-state index contributed by atoms with van der Waals surface area (Å²) in [5.41, 5.74) is 3.19. The maximum atomic E-state index is 5.40. The second-order valence-electron chi connectivity index (χ2n) is 4.11. The molecule has 3 aromatic rings. The Kier molecular flexibility index (Phi) is 3.09. The highest BCUT2D eigenvalue weighted by Crippen LogP contribution is 2.23. The van der Waals surface area contributed by atoms with E-state index >= 15 is 0 Å². The van der Waals surface area contributed by atoms with Crippen molar-refractivity contribution < 1.29 is 0 Å². The van der Waals surface area contributed by atoms with Crippen LogP contribution in [0.2, 0.25) is 0 Å². The van der Waals surface area contributed by atoms with Crippen LogP contribution in [0.1, 0.15) is 0 Å². The van der Waals surface area contributed by atoms with Crippen LogP contribution in [-0.2, 0) is 6.54 Å². The monoisotopic (exact) mass is 275 g/mol. The van der Waals surface area contributed by atoms with E-state index < -0.39 is 0 Å². The Bertz CT molecular complexity index is 758. The van der Waals surface area contributed by atoms with Gasteiger partial charge in [0, 0.05) is 17.7 Å². The Morgan fingerprint density at radius 2 is 2.22 bits per heavy atom. The number of H-pyrrole nitrogens is 1. The van der Waals surface area contributed by atoms with Gasteiger partial charge < -0.3 is 9.55 Å². The van der Waals surface area contributed by atoms with Crippen molar-refractivity contribution in [1.82, 2.24) is 14.5 Å². The number of aromatic nitrogens is 3. The highest BCUT2D eigenvalue weighted by molar-refractivity contribution is 7.98. The van der Waals surface area contributed by atoms with Crippen molar-refractivity contribution in [3.8, 4) is 0 Å². The summed E-state index contributed by atoms with van der Waals surface area (Å²) in [7, 11) is 0. The number of hydrogen-bond acceptors (Lipinski definition) is 3. The summed E-state index contributed by atoms with van der Waals surface area (Å²) in [5.74, 6) is 1.05. The van der Waals surface area contributed by atoms with Gasteiger partial charge in [0.15, 0.2) is 4.77 Å². The van der Waals surface area contributed by atoms with Crippen LogP contribution in [0.25, 0.3) is 21.9 Å². The number of thioether (sulfide) groups is 1. The van der Waals surface area contributed by atoms with Gasteiger partial charge in [-0.3, -0.25) is 4.98 Å². The first-order valence-electron chi connectivity index (χ1n) is 5.76. The molecule has 0 aliphatic carbocycles. The van der Waals surface area contributed by atoms with Gasteiger partial charge in [0.05, 0.1) is 22.7 Å². The molecule has 0 spiro atoms. The minimum Gasteiger partial charge on any atom is -0.329 e. The number of imidazole rings is 1. The number of nitrogens with one attached hydrogen (secondary N) is 1.